The van der Waals surface area contributed by atoms with Crippen LogP contribution in [-0.4, -0.2) is 63.3 Å². The van der Waals surface area contributed by atoms with Gasteiger partial charge in [0.15, 0.2) is 0 Å². The lowest BCUT2D eigenvalue weighted by atomic mass is 10.1. The molecule has 9 heteroatoms. The van der Waals surface area contributed by atoms with Crippen LogP contribution in [0.5, 0.6) is 0 Å². The molecule has 1 N–H and O–H groups in total. The van der Waals surface area contributed by atoms with E-state index in [2.05, 4.69) is 10.3 Å². The first-order valence-electron chi connectivity index (χ1n) is 7.83. The van der Waals surface area contributed by atoms with Gasteiger partial charge in [0.1, 0.15) is 5.69 Å². The molecule has 0 bridgehead atoms. The standard InChI is InChI=1S/C13H23N5O3S/c1-11(19)13-10-18(15-14-13)12-4-8-17(9-5-12)22(20,21)16-6-2-3-7-16/h10-12,19H,2-9H2,1H3/t11-/m0/s1. The summed E-state index contributed by atoms with van der Waals surface area (Å²) < 4.78 is 29.9. The summed E-state index contributed by atoms with van der Waals surface area (Å²) in [5, 5.41) is 17.5. The minimum absolute atomic E-state index is 0.144. The van der Waals surface area contributed by atoms with Gasteiger partial charge in [0.05, 0.1) is 18.3 Å². The number of aliphatic hydroxyl groups excluding tert-OH is 1. The van der Waals surface area contributed by atoms with Crippen LogP contribution in [0.4, 0.5) is 0 Å². The fraction of sp³-hybridized carbons (Fsp3) is 0.846. The van der Waals surface area contributed by atoms with Gasteiger partial charge in [-0.15, -0.1) is 5.10 Å². The molecule has 0 saturated carbocycles. The van der Waals surface area contributed by atoms with Gasteiger partial charge < -0.3 is 5.11 Å². The van der Waals surface area contributed by atoms with Crippen molar-refractivity contribution in [3.05, 3.63) is 11.9 Å². The second kappa shape index (κ2) is 6.23. The summed E-state index contributed by atoms with van der Waals surface area (Å²) in [5.74, 6) is 0. The number of aliphatic hydroxyl groups is 1. The monoisotopic (exact) mass is 329 g/mol. The number of nitrogens with zero attached hydrogens (tertiary/aromatic N) is 5. The van der Waals surface area contributed by atoms with Crippen LogP contribution >= 0.6 is 0 Å². The molecular formula is C13H23N5O3S. The molecule has 1 atom stereocenters. The normalized spacial score (nSPS) is 23.9. The quantitative estimate of drug-likeness (QED) is 0.858. The van der Waals surface area contributed by atoms with Crippen molar-refractivity contribution in [2.75, 3.05) is 26.2 Å². The highest BCUT2D eigenvalue weighted by Gasteiger charge is 2.34. The maximum Gasteiger partial charge on any atom is 0.281 e. The molecular weight excluding hydrogens is 306 g/mol. The Morgan fingerprint density at radius 1 is 1.18 bits per heavy atom. The van der Waals surface area contributed by atoms with Crippen LogP contribution in [0.2, 0.25) is 0 Å². The average molecular weight is 329 g/mol. The van der Waals surface area contributed by atoms with Gasteiger partial charge in [0.25, 0.3) is 10.2 Å². The van der Waals surface area contributed by atoms with Crippen molar-refractivity contribution in [1.82, 2.24) is 23.6 Å². The summed E-state index contributed by atoms with van der Waals surface area (Å²) >= 11 is 0. The number of piperidine rings is 1. The molecule has 0 amide bonds. The first-order valence-corrected chi connectivity index (χ1v) is 9.23. The zero-order valence-corrected chi connectivity index (χ0v) is 13.6. The van der Waals surface area contributed by atoms with Gasteiger partial charge in [-0.25, -0.2) is 4.68 Å². The molecule has 1 aromatic rings. The Bertz CT molecular complexity index is 601. The Hall–Kier alpha value is -1.03. The summed E-state index contributed by atoms with van der Waals surface area (Å²) in [6.45, 7) is 3.95. The van der Waals surface area contributed by atoms with E-state index in [-0.39, 0.29) is 6.04 Å². The predicted molar refractivity (Wildman–Crippen MR) is 80.2 cm³/mol. The van der Waals surface area contributed by atoms with E-state index in [0.717, 1.165) is 25.7 Å². The molecule has 0 spiro atoms. The summed E-state index contributed by atoms with van der Waals surface area (Å²) in [6.07, 6.45) is 4.46. The maximum atomic E-state index is 12.5. The van der Waals surface area contributed by atoms with Crippen LogP contribution < -0.4 is 0 Å². The molecule has 3 heterocycles. The van der Waals surface area contributed by atoms with E-state index in [0.29, 0.717) is 31.9 Å². The molecule has 1 aromatic heterocycles. The second-order valence-electron chi connectivity index (χ2n) is 6.04. The van der Waals surface area contributed by atoms with Crippen LogP contribution in [-0.2, 0) is 10.2 Å². The predicted octanol–water partition coefficient (Wildman–Crippen LogP) is 0.309. The summed E-state index contributed by atoms with van der Waals surface area (Å²) in [4.78, 5) is 0. The fourth-order valence-electron chi connectivity index (χ4n) is 3.08. The van der Waals surface area contributed by atoms with Crippen molar-refractivity contribution in [3.8, 4) is 0 Å². The second-order valence-corrected chi connectivity index (χ2v) is 7.97. The highest BCUT2D eigenvalue weighted by Crippen LogP contribution is 2.26. The Morgan fingerprint density at radius 3 is 2.32 bits per heavy atom. The van der Waals surface area contributed by atoms with Crippen molar-refractivity contribution in [2.24, 2.45) is 0 Å². The number of rotatable bonds is 4. The summed E-state index contributed by atoms with van der Waals surface area (Å²) in [5.41, 5.74) is 0.548. The number of hydrogen-bond acceptors (Lipinski definition) is 5. The van der Waals surface area contributed by atoms with Crippen molar-refractivity contribution in [2.45, 2.75) is 44.8 Å². The van der Waals surface area contributed by atoms with Crippen LogP contribution in [0.1, 0.15) is 50.4 Å². The Morgan fingerprint density at radius 2 is 1.77 bits per heavy atom. The molecule has 0 radical (unpaired) electrons. The largest absolute Gasteiger partial charge is 0.387 e. The number of hydrogen-bond donors (Lipinski definition) is 1. The van der Waals surface area contributed by atoms with Crippen molar-refractivity contribution in [3.63, 3.8) is 0 Å². The summed E-state index contributed by atoms with van der Waals surface area (Å²) in [7, 11) is -3.29. The first-order chi connectivity index (χ1) is 10.5. The smallest absolute Gasteiger partial charge is 0.281 e. The molecule has 3 rings (SSSR count). The minimum atomic E-state index is -3.29. The van der Waals surface area contributed by atoms with Gasteiger partial charge in [-0.3, -0.25) is 0 Å². The molecule has 0 aromatic carbocycles. The van der Waals surface area contributed by atoms with Crippen molar-refractivity contribution < 1.29 is 13.5 Å². The van der Waals surface area contributed by atoms with E-state index in [4.69, 9.17) is 0 Å². The van der Waals surface area contributed by atoms with Gasteiger partial charge in [-0.2, -0.15) is 17.0 Å². The third-order valence-electron chi connectivity index (χ3n) is 4.47. The van der Waals surface area contributed by atoms with Gasteiger partial charge in [-0.05, 0) is 32.6 Å². The molecule has 2 aliphatic rings. The van der Waals surface area contributed by atoms with Gasteiger partial charge in [-0.1, -0.05) is 5.21 Å². The molecule has 0 aliphatic carbocycles. The van der Waals surface area contributed by atoms with Crippen molar-refractivity contribution >= 4 is 10.2 Å². The highest BCUT2D eigenvalue weighted by molar-refractivity contribution is 7.86. The topological polar surface area (TPSA) is 91.6 Å². The van der Waals surface area contributed by atoms with E-state index in [1.807, 2.05) is 0 Å². The Balaban J connectivity index is 1.62. The van der Waals surface area contributed by atoms with Crippen molar-refractivity contribution in [1.29, 1.82) is 0 Å². The molecule has 2 fully saturated rings. The Labute approximate surface area is 130 Å². The lowest BCUT2D eigenvalue weighted by Crippen LogP contribution is -2.46. The molecule has 124 valence electrons. The van der Waals surface area contributed by atoms with Crippen LogP contribution in [0, 0.1) is 0 Å². The van der Waals surface area contributed by atoms with Crippen LogP contribution in [0.3, 0.4) is 0 Å². The third-order valence-corrected chi connectivity index (χ3v) is 6.51. The van der Waals surface area contributed by atoms with Gasteiger partial charge in [0, 0.05) is 26.2 Å². The van der Waals surface area contributed by atoms with Gasteiger partial charge >= 0.3 is 0 Å². The average Bonchev–Trinajstić information content (AvgIpc) is 3.19. The van der Waals surface area contributed by atoms with E-state index in [1.165, 1.54) is 0 Å². The molecule has 22 heavy (non-hydrogen) atoms. The molecule has 0 unspecified atom stereocenters. The summed E-state index contributed by atoms with van der Waals surface area (Å²) in [6, 6.07) is 0.144. The molecule has 2 aliphatic heterocycles. The van der Waals surface area contributed by atoms with E-state index >= 15 is 0 Å². The minimum Gasteiger partial charge on any atom is -0.387 e. The maximum absolute atomic E-state index is 12.5. The zero-order valence-electron chi connectivity index (χ0n) is 12.8. The van der Waals surface area contributed by atoms with E-state index in [1.54, 1.807) is 26.4 Å². The Kier molecular flexibility index (Phi) is 4.49. The lowest BCUT2D eigenvalue weighted by molar-refractivity contribution is 0.194. The highest BCUT2D eigenvalue weighted by atomic mass is 32.2. The van der Waals surface area contributed by atoms with Crippen LogP contribution in [0.25, 0.3) is 0 Å². The van der Waals surface area contributed by atoms with E-state index in [9.17, 15) is 13.5 Å². The first kappa shape index (κ1) is 15.9. The van der Waals surface area contributed by atoms with Gasteiger partial charge in [0.2, 0.25) is 0 Å². The molecule has 2 saturated heterocycles. The molecule has 8 nitrogen and oxygen atoms in total. The third kappa shape index (κ3) is 3.03. The number of aromatic nitrogens is 3. The zero-order chi connectivity index (χ0) is 15.7. The SMILES string of the molecule is C[C@H](O)c1cn(C2CCN(S(=O)(=O)N3CCCC3)CC2)nn1. The van der Waals surface area contributed by atoms with Crippen LogP contribution in [0.15, 0.2) is 6.20 Å². The van der Waals surface area contributed by atoms with E-state index < -0.39 is 16.3 Å². The fourth-order valence-corrected chi connectivity index (χ4v) is 4.80. The lowest BCUT2D eigenvalue weighted by Gasteiger charge is -2.33.